The summed E-state index contributed by atoms with van der Waals surface area (Å²) in [5.74, 6) is 1.05. The lowest BCUT2D eigenvalue weighted by atomic mass is 10.1. The molecule has 1 N–H and O–H groups in total. The molecule has 0 bridgehead atoms. The van der Waals surface area contributed by atoms with Gasteiger partial charge in [0.2, 0.25) is 10.1 Å². The fourth-order valence-electron chi connectivity index (χ4n) is 5.11. The predicted octanol–water partition coefficient (Wildman–Crippen LogP) is 5.44. The van der Waals surface area contributed by atoms with Crippen molar-refractivity contribution < 1.29 is 0 Å². The van der Waals surface area contributed by atoms with E-state index in [1.807, 2.05) is 0 Å². The smallest absolute Gasteiger partial charge is 0.216 e. The van der Waals surface area contributed by atoms with Crippen molar-refractivity contribution in [3.05, 3.63) is 65.7 Å². The van der Waals surface area contributed by atoms with Gasteiger partial charge in [-0.15, -0.1) is 5.10 Å². The molecule has 1 saturated carbocycles. The van der Waals surface area contributed by atoms with Gasteiger partial charge in [-0.2, -0.15) is 4.52 Å². The van der Waals surface area contributed by atoms with Gasteiger partial charge < -0.3 is 10.2 Å². The van der Waals surface area contributed by atoms with Gasteiger partial charge in [-0.3, -0.25) is 4.90 Å². The molecule has 3 heterocycles. The Hall–Kier alpha value is -2.90. The van der Waals surface area contributed by atoms with Crippen molar-refractivity contribution in [2.75, 3.05) is 36.4 Å². The van der Waals surface area contributed by atoms with E-state index < -0.39 is 0 Å². The summed E-state index contributed by atoms with van der Waals surface area (Å²) in [7, 11) is 0. The number of hydrogen-bond donors (Lipinski definition) is 1. The van der Waals surface area contributed by atoms with E-state index in [9.17, 15) is 0 Å². The maximum atomic E-state index is 5.06. The molecule has 2 aromatic carbocycles. The largest absolute Gasteiger partial charge is 0.365 e. The molecule has 34 heavy (non-hydrogen) atoms. The van der Waals surface area contributed by atoms with Crippen LogP contribution in [0.2, 0.25) is 0 Å². The summed E-state index contributed by atoms with van der Waals surface area (Å²) in [6.45, 7) is 7.27. The fourth-order valence-corrected chi connectivity index (χ4v) is 6.06. The van der Waals surface area contributed by atoms with E-state index in [1.54, 1.807) is 11.3 Å². The molecule has 2 fully saturated rings. The molecule has 0 amide bonds. The molecule has 0 radical (unpaired) electrons. The third kappa shape index (κ3) is 4.42. The summed E-state index contributed by atoms with van der Waals surface area (Å²) in [6.07, 6.45) is 5.05. The van der Waals surface area contributed by atoms with Crippen molar-refractivity contribution in [3.8, 4) is 11.3 Å². The number of rotatable bonds is 6. The number of aryl methyl sites for hydroxylation is 1. The molecule has 6 nitrogen and oxygen atoms in total. The number of nitrogens with zero attached hydrogens (tertiary/aromatic N) is 5. The van der Waals surface area contributed by atoms with Crippen LogP contribution in [0, 0.1) is 6.92 Å². The quantitative estimate of drug-likeness (QED) is 0.405. The number of nitrogens with one attached hydrogen (secondary N) is 1. The number of benzene rings is 2. The van der Waals surface area contributed by atoms with Crippen LogP contribution in [0.5, 0.6) is 0 Å². The van der Waals surface area contributed by atoms with E-state index in [-0.39, 0.29) is 0 Å². The Bertz CT molecular complexity index is 1230. The van der Waals surface area contributed by atoms with Gasteiger partial charge in [0.15, 0.2) is 5.82 Å². The summed E-state index contributed by atoms with van der Waals surface area (Å²) in [6, 6.07) is 19.9. The Morgan fingerprint density at radius 3 is 2.41 bits per heavy atom. The zero-order chi connectivity index (χ0) is 22.9. The summed E-state index contributed by atoms with van der Waals surface area (Å²) < 4.78 is 2.05. The van der Waals surface area contributed by atoms with E-state index in [0.717, 1.165) is 59.9 Å². The molecule has 0 spiro atoms. The van der Waals surface area contributed by atoms with Crippen LogP contribution in [0.25, 0.3) is 16.2 Å². The minimum Gasteiger partial charge on any atom is -0.365 e. The van der Waals surface area contributed by atoms with Crippen LogP contribution in [-0.2, 0) is 6.54 Å². The number of anilines is 2. The first-order chi connectivity index (χ1) is 16.7. The van der Waals surface area contributed by atoms with E-state index in [2.05, 4.69) is 81.2 Å². The third-order valence-electron chi connectivity index (χ3n) is 7.11. The van der Waals surface area contributed by atoms with Crippen molar-refractivity contribution in [2.24, 2.45) is 0 Å². The van der Waals surface area contributed by atoms with Gasteiger partial charge in [0.1, 0.15) is 5.69 Å². The number of imidazole rings is 1. The second-order valence-corrected chi connectivity index (χ2v) is 10.6. The van der Waals surface area contributed by atoms with Crippen LogP contribution in [0.15, 0.2) is 54.6 Å². The number of piperazine rings is 1. The highest BCUT2D eigenvalue weighted by Gasteiger charge is 2.25. The van der Waals surface area contributed by atoms with E-state index in [0.29, 0.717) is 6.04 Å². The van der Waals surface area contributed by atoms with Crippen LogP contribution < -0.4 is 10.2 Å². The second kappa shape index (κ2) is 9.39. The van der Waals surface area contributed by atoms with E-state index in [4.69, 9.17) is 10.1 Å². The summed E-state index contributed by atoms with van der Waals surface area (Å²) in [5.41, 5.74) is 4.87. The van der Waals surface area contributed by atoms with Crippen molar-refractivity contribution in [3.63, 3.8) is 0 Å². The molecular formula is C27H32N6S. The first kappa shape index (κ1) is 21.6. The topological polar surface area (TPSA) is 48.7 Å². The number of fused-ring (bicyclic) bond motifs is 1. The minimum atomic E-state index is 0.512. The second-order valence-electron chi connectivity index (χ2n) is 9.63. The van der Waals surface area contributed by atoms with Gasteiger partial charge in [0, 0.05) is 44.3 Å². The SMILES string of the molecule is Cc1ccc(CN2CCN(c3nn4c(NC5CCCC5)c(-c5ccccc5)nc4s3)CC2)cc1. The molecule has 0 unspecified atom stereocenters. The normalized spacial score (nSPS) is 17.6. The van der Waals surface area contributed by atoms with Gasteiger partial charge in [-0.05, 0) is 25.3 Å². The van der Waals surface area contributed by atoms with Crippen LogP contribution in [0.4, 0.5) is 10.9 Å². The molecule has 7 heteroatoms. The summed E-state index contributed by atoms with van der Waals surface area (Å²) in [4.78, 5) is 11.0. The van der Waals surface area contributed by atoms with Crippen molar-refractivity contribution in [1.82, 2.24) is 19.5 Å². The summed E-state index contributed by atoms with van der Waals surface area (Å²) in [5, 5.41) is 9.94. The Morgan fingerprint density at radius 2 is 1.68 bits per heavy atom. The highest BCUT2D eigenvalue weighted by atomic mass is 32.1. The monoisotopic (exact) mass is 472 g/mol. The standard InChI is InChI=1S/C27H32N6S/c1-20-11-13-21(14-12-20)19-31-15-17-32(18-16-31)27-30-33-25(28-23-9-5-6-10-23)24(29-26(33)34-27)22-7-3-2-4-8-22/h2-4,7-8,11-14,23,28H,5-6,9-10,15-19H2,1H3. The lowest BCUT2D eigenvalue weighted by Crippen LogP contribution is -2.46. The van der Waals surface area contributed by atoms with Crippen LogP contribution in [0.1, 0.15) is 36.8 Å². The minimum absolute atomic E-state index is 0.512. The Kier molecular flexibility index (Phi) is 5.97. The third-order valence-corrected chi connectivity index (χ3v) is 8.07. The van der Waals surface area contributed by atoms with Crippen LogP contribution >= 0.6 is 11.3 Å². The van der Waals surface area contributed by atoms with Crippen LogP contribution in [0.3, 0.4) is 0 Å². The lowest BCUT2D eigenvalue weighted by Gasteiger charge is -2.34. The molecule has 1 aliphatic carbocycles. The lowest BCUT2D eigenvalue weighted by molar-refractivity contribution is 0.249. The molecule has 1 aliphatic heterocycles. The summed E-state index contributed by atoms with van der Waals surface area (Å²) >= 11 is 1.71. The van der Waals surface area contributed by atoms with Crippen molar-refractivity contribution in [2.45, 2.75) is 45.2 Å². The van der Waals surface area contributed by atoms with Gasteiger partial charge >= 0.3 is 0 Å². The number of hydrogen-bond acceptors (Lipinski definition) is 6. The van der Waals surface area contributed by atoms with Gasteiger partial charge in [0.05, 0.1) is 0 Å². The Balaban J connectivity index is 1.21. The van der Waals surface area contributed by atoms with Gasteiger partial charge in [-0.1, -0.05) is 84.3 Å². The maximum absolute atomic E-state index is 5.06. The van der Waals surface area contributed by atoms with E-state index in [1.165, 1.54) is 36.8 Å². The molecule has 2 aromatic heterocycles. The Morgan fingerprint density at radius 1 is 0.941 bits per heavy atom. The average Bonchev–Trinajstić information content (AvgIpc) is 3.60. The van der Waals surface area contributed by atoms with Crippen LogP contribution in [-0.4, -0.2) is 51.7 Å². The first-order valence-corrected chi connectivity index (χ1v) is 13.3. The maximum Gasteiger partial charge on any atom is 0.216 e. The molecule has 176 valence electrons. The van der Waals surface area contributed by atoms with Gasteiger partial charge in [0.25, 0.3) is 0 Å². The molecule has 1 saturated heterocycles. The van der Waals surface area contributed by atoms with Crippen molar-refractivity contribution >= 4 is 27.2 Å². The number of aromatic nitrogens is 3. The van der Waals surface area contributed by atoms with Gasteiger partial charge in [-0.25, -0.2) is 4.98 Å². The Labute approximate surface area is 205 Å². The molecule has 2 aliphatic rings. The molecule has 4 aromatic rings. The predicted molar refractivity (Wildman–Crippen MR) is 141 cm³/mol. The fraction of sp³-hybridized carbons (Fsp3) is 0.407. The van der Waals surface area contributed by atoms with E-state index >= 15 is 0 Å². The zero-order valence-corrected chi connectivity index (χ0v) is 20.6. The molecular weight excluding hydrogens is 440 g/mol. The highest BCUT2D eigenvalue weighted by Crippen LogP contribution is 2.35. The van der Waals surface area contributed by atoms with Crippen molar-refractivity contribution in [1.29, 1.82) is 0 Å². The average molecular weight is 473 g/mol. The molecule has 6 rings (SSSR count). The highest BCUT2D eigenvalue weighted by molar-refractivity contribution is 7.20. The zero-order valence-electron chi connectivity index (χ0n) is 19.8. The first-order valence-electron chi connectivity index (χ1n) is 12.5. The molecule has 0 atom stereocenters.